The van der Waals surface area contributed by atoms with Gasteiger partial charge < -0.3 is 21.3 Å². The van der Waals surface area contributed by atoms with Gasteiger partial charge in [-0.05, 0) is 38.7 Å². The van der Waals surface area contributed by atoms with Gasteiger partial charge in [-0.2, -0.15) is 0 Å². The van der Waals surface area contributed by atoms with Gasteiger partial charge in [-0.1, -0.05) is 0 Å². The lowest BCUT2D eigenvalue weighted by atomic mass is 10.1. The molecule has 1 aliphatic heterocycles. The van der Waals surface area contributed by atoms with Crippen LogP contribution >= 0.6 is 0 Å². The smallest absolute Gasteiger partial charge is 0.228 e. The molecule has 2 rings (SSSR count). The van der Waals surface area contributed by atoms with Gasteiger partial charge in [-0.3, -0.25) is 4.79 Å². The molecular weight excluding hydrogens is 228 g/mol. The van der Waals surface area contributed by atoms with Gasteiger partial charge in [0.15, 0.2) is 0 Å². The van der Waals surface area contributed by atoms with Crippen molar-refractivity contribution in [2.45, 2.75) is 19.4 Å². The number of carbonyl (C=O) groups is 1. The van der Waals surface area contributed by atoms with E-state index in [0.717, 1.165) is 23.5 Å². The Balaban J connectivity index is 2.15. The molecule has 1 aromatic carbocycles. The lowest BCUT2D eigenvalue weighted by Crippen LogP contribution is -2.29. The number of nitrogens with one attached hydrogen (secondary N) is 2. The number of likely N-dealkylation sites (N-methyl/N-ethyl adjacent to an activating group) is 1. The summed E-state index contributed by atoms with van der Waals surface area (Å²) in [5.41, 5.74) is 9.42. The molecule has 5 nitrogen and oxygen atoms in total. The molecule has 1 amide bonds. The first kappa shape index (κ1) is 12.7. The maximum absolute atomic E-state index is 11.3. The van der Waals surface area contributed by atoms with Crippen LogP contribution in [0.5, 0.6) is 0 Å². The van der Waals surface area contributed by atoms with Crippen LogP contribution in [0.3, 0.4) is 0 Å². The second-order valence-corrected chi connectivity index (χ2v) is 5.13. The van der Waals surface area contributed by atoms with Crippen LogP contribution in [-0.4, -0.2) is 37.5 Å². The van der Waals surface area contributed by atoms with Crippen molar-refractivity contribution < 1.29 is 4.79 Å². The Bertz CT molecular complexity index is 470. The van der Waals surface area contributed by atoms with Gasteiger partial charge in [-0.15, -0.1) is 0 Å². The minimum Gasteiger partial charge on any atom is -0.397 e. The number of nitrogen functional groups attached to an aromatic ring is 1. The fraction of sp³-hybridized carbons (Fsp3) is 0.462. The van der Waals surface area contributed by atoms with E-state index in [9.17, 15) is 4.79 Å². The molecule has 0 radical (unpaired) electrons. The number of fused-ring (bicyclic) bond motifs is 1. The maximum Gasteiger partial charge on any atom is 0.228 e. The van der Waals surface area contributed by atoms with Gasteiger partial charge >= 0.3 is 0 Å². The monoisotopic (exact) mass is 248 g/mol. The maximum atomic E-state index is 11.3. The Labute approximate surface area is 107 Å². The second kappa shape index (κ2) is 4.86. The van der Waals surface area contributed by atoms with Crippen molar-refractivity contribution in [1.29, 1.82) is 0 Å². The summed E-state index contributed by atoms with van der Waals surface area (Å²) in [6, 6.07) is 4.08. The first-order valence-electron chi connectivity index (χ1n) is 6.09. The van der Waals surface area contributed by atoms with Gasteiger partial charge in [-0.25, -0.2) is 0 Å². The van der Waals surface area contributed by atoms with Crippen molar-refractivity contribution in [2.24, 2.45) is 0 Å². The number of hydrogen-bond donors (Lipinski definition) is 3. The summed E-state index contributed by atoms with van der Waals surface area (Å²) in [7, 11) is 4.06. The molecule has 5 heteroatoms. The van der Waals surface area contributed by atoms with Crippen LogP contribution in [0.1, 0.15) is 12.5 Å². The average molecular weight is 248 g/mol. The van der Waals surface area contributed by atoms with Crippen molar-refractivity contribution in [2.75, 3.05) is 37.0 Å². The standard InChI is InChI=1S/C13H20N4O/c1-8(7-17(2)3)15-12-6-11-9(4-10(12)14)5-13(18)16-11/h4,6,8,15H,5,7,14H2,1-3H3,(H,16,18). The number of hydrogen-bond acceptors (Lipinski definition) is 4. The third-order valence-corrected chi connectivity index (χ3v) is 2.94. The van der Waals surface area contributed by atoms with Crippen LogP contribution in [0.4, 0.5) is 17.1 Å². The zero-order valence-electron chi connectivity index (χ0n) is 11.1. The van der Waals surface area contributed by atoms with Crippen molar-refractivity contribution in [3.8, 4) is 0 Å². The van der Waals surface area contributed by atoms with E-state index in [1.54, 1.807) is 0 Å². The highest BCUT2D eigenvalue weighted by Gasteiger charge is 2.19. The molecule has 18 heavy (non-hydrogen) atoms. The molecule has 0 saturated carbocycles. The summed E-state index contributed by atoms with van der Waals surface area (Å²) in [6.07, 6.45) is 0.424. The van der Waals surface area contributed by atoms with E-state index < -0.39 is 0 Å². The number of rotatable bonds is 4. The summed E-state index contributed by atoms with van der Waals surface area (Å²) in [5.74, 6) is 0.0305. The molecule has 1 heterocycles. The quantitative estimate of drug-likeness (QED) is 0.698. The Hall–Kier alpha value is -1.75. The van der Waals surface area contributed by atoms with Gasteiger partial charge in [0.1, 0.15) is 0 Å². The summed E-state index contributed by atoms with van der Waals surface area (Å²) < 4.78 is 0. The minimum absolute atomic E-state index is 0.0305. The van der Waals surface area contributed by atoms with E-state index >= 15 is 0 Å². The third kappa shape index (κ3) is 2.73. The predicted octanol–water partition coefficient (Wildman–Crippen LogP) is 1.13. The fourth-order valence-electron chi connectivity index (χ4n) is 2.28. The molecule has 1 aromatic rings. The summed E-state index contributed by atoms with van der Waals surface area (Å²) in [5, 5.41) is 6.20. The first-order chi connectivity index (χ1) is 8.45. The Kier molecular flexibility index (Phi) is 3.43. The molecule has 0 spiro atoms. The van der Waals surface area contributed by atoms with E-state index in [1.165, 1.54) is 0 Å². The highest BCUT2D eigenvalue weighted by molar-refractivity contribution is 6.00. The van der Waals surface area contributed by atoms with Crippen LogP contribution in [-0.2, 0) is 11.2 Å². The fourth-order valence-corrected chi connectivity index (χ4v) is 2.28. The van der Waals surface area contributed by atoms with E-state index in [-0.39, 0.29) is 11.9 Å². The number of nitrogens with zero attached hydrogens (tertiary/aromatic N) is 1. The predicted molar refractivity (Wildman–Crippen MR) is 74.8 cm³/mol. The lowest BCUT2D eigenvalue weighted by Gasteiger charge is -2.21. The van der Waals surface area contributed by atoms with Crippen molar-refractivity contribution in [3.05, 3.63) is 17.7 Å². The Morgan fingerprint density at radius 3 is 2.89 bits per heavy atom. The molecule has 98 valence electrons. The highest BCUT2D eigenvalue weighted by atomic mass is 16.1. The van der Waals surface area contributed by atoms with Crippen LogP contribution in [0, 0.1) is 0 Å². The SMILES string of the molecule is CC(CN(C)C)Nc1cc2c(cc1N)CC(=O)N2. The van der Waals surface area contributed by atoms with Gasteiger partial charge in [0, 0.05) is 18.3 Å². The Morgan fingerprint density at radius 1 is 1.50 bits per heavy atom. The van der Waals surface area contributed by atoms with Crippen LogP contribution in [0.25, 0.3) is 0 Å². The zero-order chi connectivity index (χ0) is 13.3. The number of benzene rings is 1. The Morgan fingerprint density at radius 2 is 2.22 bits per heavy atom. The minimum atomic E-state index is 0.0305. The summed E-state index contributed by atoms with van der Waals surface area (Å²) in [6.45, 7) is 3.02. The number of carbonyl (C=O) groups excluding carboxylic acids is 1. The van der Waals surface area contributed by atoms with Crippen LogP contribution in [0.2, 0.25) is 0 Å². The van der Waals surface area contributed by atoms with E-state index in [2.05, 4.69) is 22.5 Å². The van der Waals surface area contributed by atoms with Gasteiger partial charge in [0.2, 0.25) is 5.91 Å². The molecule has 1 unspecified atom stereocenters. The molecular formula is C13H20N4O. The van der Waals surface area contributed by atoms with Gasteiger partial charge in [0.25, 0.3) is 0 Å². The van der Waals surface area contributed by atoms with Gasteiger partial charge in [0.05, 0.1) is 17.8 Å². The lowest BCUT2D eigenvalue weighted by molar-refractivity contribution is -0.115. The molecule has 0 saturated heterocycles. The zero-order valence-corrected chi connectivity index (χ0v) is 11.1. The van der Waals surface area contributed by atoms with Crippen LogP contribution < -0.4 is 16.4 Å². The molecule has 0 aromatic heterocycles. The molecule has 4 N–H and O–H groups in total. The molecule has 0 fully saturated rings. The third-order valence-electron chi connectivity index (χ3n) is 2.94. The summed E-state index contributed by atoms with van der Waals surface area (Å²) >= 11 is 0. The van der Waals surface area contributed by atoms with E-state index in [0.29, 0.717) is 12.1 Å². The molecule has 0 aliphatic carbocycles. The van der Waals surface area contributed by atoms with E-state index in [1.807, 2.05) is 26.2 Å². The number of anilines is 3. The second-order valence-electron chi connectivity index (χ2n) is 5.13. The highest BCUT2D eigenvalue weighted by Crippen LogP contribution is 2.31. The molecule has 1 aliphatic rings. The van der Waals surface area contributed by atoms with E-state index in [4.69, 9.17) is 5.73 Å². The van der Waals surface area contributed by atoms with Crippen LogP contribution in [0.15, 0.2) is 12.1 Å². The largest absolute Gasteiger partial charge is 0.397 e. The number of amides is 1. The topological polar surface area (TPSA) is 70.4 Å². The summed E-state index contributed by atoms with van der Waals surface area (Å²) in [4.78, 5) is 13.4. The first-order valence-corrected chi connectivity index (χ1v) is 6.09. The molecule has 1 atom stereocenters. The van der Waals surface area contributed by atoms with Crippen molar-refractivity contribution in [1.82, 2.24) is 4.90 Å². The number of nitrogens with two attached hydrogens (primary N) is 1. The normalized spacial score (nSPS) is 15.4. The molecule has 0 bridgehead atoms. The van der Waals surface area contributed by atoms with Crippen molar-refractivity contribution >= 4 is 23.0 Å². The average Bonchev–Trinajstić information content (AvgIpc) is 2.56. The van der Waals surface area contributed by atoms with Crippen molar-refractivity contribution in [3.63, 3.8) is 0 Å².